The molecule has 16 heteroatoms. The normalized spacial score (nSPS) is 27.6. The first-order valence-electron chi connectivity index (χ1n) is 16.0. The van der Waals surface area contributed by atoms with Gasteiger partial charge in [-0.25, -0.2) is 4.90 Å². The molecule has 0 bridgehead atoms. The molecule has 0 spiro atoms. The number of phenols is 1. The van der Waals surface area contributed by atoms with Gasteiger partial charge in [-0.2, -0.15) is 10.2 Å². The molecule has 2 N–H and O–H groups in total. The van der Waals surface area contributed by atoms with Crippen LogP contribution in [0.2, 0.25) is 5.02 Å². The Bertz CT molecular complexity index is 2270. The second-order valence-electron chi connectivity index (χ2n) is 13.6. The van der Waals surface area contributed by atoms with Gasteiger partial charge in [0, 0.05) is 34.3 Å². The molecule has 2 aliphatic carbocycles. The number of hydrogen-bond donors (Lipinski definition) is 2. The minimum Gasteiger partial charge on any atom is -0.508 e. The molecule has 4 aromatic rings. The van der Waals surface area contributed by atoms with Gasteiger partial charge in [-0.15, -0.1) is 24.5 Å². The molecule has 4 aliphatic rings. The molecule has 8 rings (SSSR count). The number of rotatable bonds is 4. The van der Waals surface area contributed by atoms with E-state index >= 15 is 0 Å². The second kappa shape index (κ2) is 11.1. The van der Waals surface area contributed by atoms with Crippen LogP contribution in [0.15, 0.2) is 54.1 Å². The number of halogens is 4. The summed E-state index contributed by atoms with van der Waals surface area (Å²) in [6.45, 7) is 3.44. The molecule has 6 unspecified atom stereocenters. The third-order valence-corrected chi connectivity index (χ3v) is 12.5. The molecule has 2 aliphatic heterocycles. The van der Waals surface area contributed by atoms with Gasteiger partial charge in [-0.3, -0.25) is 29.1 Å². The Morgan fingerprint density at radius 1 is 1.04 bits per heavy atom. The number of aromatic hydroxyl groups is 1. The lowest BCUT2D eigenvalue weighted by Crippen LogP contribution is -2.48. The Kier molecular flexibility index (Phi) is 7.29. The van der Waals surface area contributed by atoms with Crippen molar-refractivity contribution in [1.29, 1.82) is 0 Å². The van der Waals surface area contributed by atoms with E-state index in [1.54, 1.807) is 25.3 Å². The summed E-state index contributed by atoms with van der Waals surface area (Å²) in [6.07, 6.45) is -3.52. The maximum Gasteiger partial charge on any atom is 0.573 e. The summed E-state index contributed by atoms with van der Waals surface area (Å²) in [6, 6.07) is 10.0. The van der Waals surface area contributed by atoms with E-state index in [0.717, 1.165) is 43.6 Å². The molecule has 3 fully saturated rings. The molecule has 6 atom stereocenters. The lowest BCUT2D eigenvalue weighted by atomic mass is 9.51. The number of anilines is 1. The number of allylic oxidation sites excluding steroid dienone is 2. The first kappa shape index (κ1) is 33.4. The van der Waals surface area contributed by atoms with E-state index < -0.39 is 76.5 Å². The van der Waals surface area contributed by atoms with Crippen molar-refractivity contribution in [2.45, 2.75) is 39.0 Å². The van der Waals surface area contributed by atoms with Crippen LogP contribution >= 0.6 is 22.9 Å². The number of thiophene rings is 1. The van der Waals surface area contributed by atoms with Crippen LogP contribution in [-0.4, -0.2) is 55.1 Å². The van der Waals surface area contributed by atoms with Gasteiger partial charge in [0.15, 0.2) is 0 Å². The van der Waals surface area contributed by atoms with Crippen LogP contribution in [0, 0.1) is 36.0 Å². The molecular weight excluding hydrogens is 713 g/mol. The number of benzene rings is 2. The largest absolute Gasteiger partial charge is 0.573 e. The number of hydroxylamine groups is 2. The van der Waals surface area contributed by atoms with E-state index in [-0.39, 0.29) is 29.3 Å². The number of hydrogen-bond acceptors (Lipinski definition) is 9. The van der Waals surface area contributed by atoms with Gasteiger partial charge in [0.2, 0.25) is 11.8 Å². The number of alkyl halides is 3. The number of carbonyl (C=O) groups is 4. The van der Waals surface area contributed by atoms with Crippen molar-refractivity contribution in [3.05, 3.63) is 70.3 Å². The SMILES string of the molecule is Cc1c(-c2cc(N3C(=O)C4CC5C(=CCC6C(=O)N(O)C(=O)C65)C(c5cc(OC(F)(F)F)ccc5O)C4(C)C3=O)n(C)n2)sc2ccc(Cl)cc12. The van der Waals surface area contributed by atoms with E-state index in [9.17, 15) is 42.7 Å². The minimum absolute atomic E-state index is 0.00838. The van der Waals surface area contributed by atoms with Crippen LogP contribution in [0.3, 0.4) is 0 Å². The molecule has 2 saturated heterocycles. The maximum atomic E-state index is 14.9. The highest BCUT2D eigenvalue weighted by atomic mass is 35.5. The third-order valence-electron chi connectivity index (χ3n) is 11.0. The van der Waals surface area contributed by atoms with Crippen LogP contribution in [0.25, 0.3) is 20.7 Å². The summed E-state index contributed by atoms with van der Waals surface area (Å²) < 4.78 is 46.6. The molecule has 2 aromatic carbocycles. The fraction of sp³-hybridized carbons (Fsp3) is 0.343. The molecule has 11 nitrogen and oxygen atoms in total. The van der Waals surface area contributed by atoms with Crippen LogP contribution in [0.5, 0.6) is 11.5 Å². The maximum absolute atomic E-state index is 14.9. The van der Waals surface area contributed by atoms with E-state index in [4.69, 9.17) is 11.6 Å². The van der Waals surface area contributed by atoms with Crippen molar-refractivity contribution >= 4 is 62.5 Å². The number of ether oxygens (including phenoxy) is 1. The Hall–Kier alpha value is -4.73. The van der Waals surface area contributed by atoms with Gasteiger partial charge in [-0.05, 0) is 80.0 Å². The summed E-state index contributed by atoms with van der Waals surface area (Å²) in [4.78, 5) is 57.3. The number of imide groups is 2. The second-order valence-corrected chi connectivity index (χ2v) is 15.1. The Morgan fingerprint density at radius 2 is 1.78 bits per heavy atom. The Morgan fingerprint density at radius 3 is 2.51 bits per heavy atom. The number of amides is 4. The van der Waals surface area contributed by atoms with Crippen molar-refractivity contribution < 1.29 is 47.4 Å². The Labute approximate surface area is 296 Å². The average Bonchev–Trinajstić information content (AvgIpc) is 3.72. The van der Waals surface area contributed by atoms with Crippen molar-refractivity contribution in [2.75, 3.05) is 4.90 Å². The van der Waals surface area contributed by atoms with Crippen LogP contribution in [0.4, 0.5) is 19.0 Å². The van der Waals surface area contributed by atoms with Gasteiger partial charge < -0.3 is 9.84 Å². The quantitative estimate of drug-likeness (QED) is 0.138. The molecular formula is C35H28ClF3N4O7S. The van der Waals surface area contributed by atoms with Crippen LogP contribution < -0.4 is 9.64 Å². The van der Waals surface area contributed by atoms with Gasteiger partial charge in [0.25, 0.3) is 11.8 Å². The third kappa shape index (κ3) is 4.77. The fourth-order valence-corrected chi connectivity index (χ4v) is 10.1. The fourth-order valence-electron chi connectivity index (χ4n) is 8.74. The highest BCUT2D eigenvalue weighted by molar-refractivity contribution is 7.22. The lowest BCUT2D eigenvalue weighted by molar-refractivity contribution is -0.274. The topological polar surface area (TPSA) is 142 Å². The first-order valence-corrected chi connectivity index (χ1v) is 17.2. The first-order chi connectivity index (χ1) is 24.0. The summed E-state index contributed by atoms with van der Waals surface area (Å²) in [5.41, 5.74) is -0.00681. The summed E-state index contributed by atoms with van der Waals surface area (Å²) in [5.74, 6) is -9.22. The number of nitrogens with zero attached hydrogens (tertiary/aromatic N) is 4. The molecule has 2 aromatic heterocycles. The highest BCUT2D eigenvalue weighted by Gasteiger charge is 2.68. The average molecular weight is 741 g/mol. The Balaban J connectivity index is 1.27. The standard InChI is InChI=1S/C35H28ClF3N4O7S/c1-14-19-10-15(36)4-9-25(19)51-29(14)23-13-26(41(3)40-23)42-31(46)22-12-20-17(6-7-18-27(20)32(47)43(49)30(18)45)28(34(22,2)33(42)48)21-11-16(5-8-24(21)44)50-35(37,38)39/h4-6,8-11,13,18,20,22,27-28,44,49H,7,12H2,1-3H3. The van der Waals surface area contributed by atoms with Gasteiger partial charge >= 0.3 is 6.36 Å². The minimum atomic E-state index is -5.07. The van der Waals surface area contributed by atoms with E-state index in [0.29, 0.717) is 16.3 Å². The molecule has 4 amide bonds. The van der Waals surface area contributed by atoms with Crippen molar-refractivity contribution in [3.8, 4) is 22.1 Å². The van der Waals surface area contributed by atoms with Gasteiger partial charge in [-0.1, -0.05) is 23.3 Å². The van der Waals surface area contributed by atoms with Crippen LogP contribution in [-0.2, 0) is 26.2 Å². The predicted molar refractivity (Wildman–Crippen MR) is 177 cm³/mol. The monoisotopic (exact) mass is 740 g/mol. The number of fused-ring (bicyclic) bond motifs is 5. The highest BCUT2D eigenvalue weighted by Crippen LogP contribution is 2.64. The summed E-state index contributed by atoms with van der Waals surface area (Å²) >= 11 is 7.71. The predicted octanol–water partition coefficient (Wildman–Crippen LogP) is 6.49. The summed E-state index contributed by atoms with van der Waals surface area (Å²) in [7, 11) is 1.58. The molecule has 0 radical (unpaired) electrons. The lowest BCUT2D eigenvalue weighted by Gasteiger charge is -2.49. The van der Waals surface area contributed by atoms with E-state index in [1.807, 2.05) is 19.1 Å². The van der Waals surface area contributed by atoms with Crippen molar-refractivity contribution in [2.24, 2.45) is 36.1 Å². The summed E-state index contributed by atoms with van der Waals surface area (Å²) in [5, 5.41) is 27.7. The zero-order valence-electron chi connectivity index (χ0n) is 27.1. The number of phenolic OH excluding ortho intramolecular Hbond substituents is 1. The zero-order chi connectivity index (χ0) is 36.5. The van der Waals surface area contributed by atoms with Gasteiger partial charge in [0.05, 0.1) is 28.0 Å². The molecule has 264 valence electrons. The van der Waals surface area contributed by atoms with Crippen molar-refractivity contribution in [3.63, 3.8) is 0 Å². The van der Waals surface area contributed by atoms with Crippen molar-refractivity contribution in [1.82, 2.24) is 14.8 Å². The van der Waals surface area contributed by atoms with E-state index in [1.165, 1.54) is 22.9 Å². The molecule has 51 heavy (non-hydrogen) atoms. The van der Waals surface area contributed by atoms with Crippen LogP contribution in [0.1, 0.15) is 36.8 Å². The number of aryl methyl sites for hydroxylation is 2. The van der Waals surface area contributed by atoms with Gasteiger partial charge in [0.1, 0.15) is 23.0 Å². The molecule has 1 saturated carbocycles. The van der Waals surface area contributed by atoms with E-state index in [2.05, 4.69) is 9.84 Å². The molecule has 4 heterocycles. The smallest absolute Gasteiger partial charge is 0.508 e. The zero-order valence-corrected chi connectivity index (χ0v) is 28.6. The number of carbonyl (C=O) groups excluding carboxylic acids is 4. The number of aromatic nitrogens is 2.